The first-order chi connectivity index (χ1) is 17.0. The van der Waals surface area contributed by atoms with E-state index in [1.807, 2.05) is 46.2 Å². The molecule has 3 aliphatic heterocycles. The van der Waals surface area contributed by atoms with E-state index in [2.05, 4.69) is 0 Å². The molecule has 35 heavy (non-hydrogen) atoms. The van der Waals surface area contributed by atoms with Crippen LogP contribution in [0.25, 0.3) is 11.1 Å². The van der Waals surface area contributed by atoms with Gasteiger partial charge in [-0.15, -0.1) is 0 Å². The second kappa shape index (κ2) is 10.9. The average molecular weight is 517 g/mol. The molecule has 6 nitrogen and oxygen atoms in total. The molecule has 0 aliphatic carbocycles. The fraction of sp³-hybridized carbons (Fsp3) is 0.481. The lowest BCUT2D eigenvalue weighted by molar-refractivity contribution is -0.134. The first kappa shape index (κ1) is 24.6. The number of morpholine rings is 1. The minimum Gasteiger partial charge on any atom is -0.381 e. The van der Waals surface area contributed by atoms with Crippen LogP contribution in [0.2, 0.25) is 10.0 Å². The Balaban J connectivity index is 1.27. The van der Waals surface area contributed by atoms with Gasteiger partial charge in [0.25, 0.3) is 5.91 Å². The summed E-state index contributed by atoms with van der Waals surface area (Å²) < 4.78 is 10.8. The van der Waals surface area contributed by atoms with Crippen LogP contribution in [-0.2, 0) is 20.7 Å². The smallest absolute Gasteiger partial charge is 0.254 e. The highest BCUT2D eigenvalue weighted by molar-refractivity contribution is 6.36. The monoisotopic (exact) mass is 516 g/mol. The Kier molecular flexibility index (Phi) is 7.63. The van der Waals surface area contributed by atoms with Gasteiger partial charge in [-0.05, 0) is 66.6 Å². The molecule has 0 N–H and O–H groups in total. The van der Waals surface area contributed by atoms with Crippen molar-refractivity contribution < 1.29 is 19.1 Å². The molecule has 3 fully saturated rings. The summed E-state index contributed by atoms with van der Waals surface area (Å²) in [6, 6.07) is 11.6. The number of hydrogen-bond donors (Lipinski definition) is 0. The van der Waals surface area contributed by atoms with E-state index in [4.69, 9.17) is 32.7 Å². The highest BCUT2D eigenvalue weighted by atomic mass is 35.5. The predicted octanol–water partition coefficient (Wildman–Crippen LogP) is 4.70. The standard InChI is InChI=1S/C27H30Cl2N2O4/c28-24-16-21(18-1-3-19(4-2-18)26(32)30-9-13-35-14-10-30)17-25(29)23(24)15-20-5-8-31(27(20)33)22-6-11-34-12-7-22/h1-4,16-17,20,22H,5-15H2. The van der Waals surface area contributed by atoms with Gasteiger partial charge in [0, 0.05) is 60.4 Å². The van der Waals surface area contributed by atoms with Crippen LogP contribution in [0, 0.1) is 5.92 Å². The van der Waals surface area contributed by atoms with Crippen molar-refractivity contribution in [3.05, 3.63) is 57.6 Å². The van der Waals surface area contributed by atoms with Gasteiger partial charge in [-0.25, -0.2) is 0 Å². The van der Waals surface area contributed by atoms with Crippen LogP contribution in [0.3, 0.4) is 0 Å². The topological polar surface area (TPSA) is 59.1 Å². The van der Waals surface area contributed by atoms with Crippen LogP contribution >= 0.6 is 23.2 Å². The summed E-state index contributed by atoms with van der Waals surface area (Å²) in [4.78, 5) is 29.6. The fourth-order valence-corrected chi connectivity index (χ4v) is 5.92. The largest absolute Gasteiger partial charge is 0.381 e. The first-order valence-electron chi connectivity index (χ1n) is 12.3. The van der Waals surface area contributed by atoms with E-state index in [0.717, 1.165) is 55.7 Å². The van der Waals surface area contributed by atoms with E-state index in [0.29, 0.717) is 48.3 Å². The van der Waals surface area contributed by atoms with E-state index >= 15 is 0 Å². The molecular weight excluding hydrogens is 487 g/mol. The average Bonchev–Trinajstić information content (AvgIpc) is 3.26. The molecular formula is C27H30Cl2N2O4. The number of benzene rings is 2. The molecule has 2 aromatic carbocycles. The fourth-order valence-electron chi connectivity index (χ4n) is 5.28. The molecule has 1 unspecified atom stereocenters. The van der Waals surface area contributed by atoms with Gasteiger partial charge in [-0.2, -0.15) is 0 Å². The van der Waals surface area contributed by atoms with E-state index in [1.165, 1.54) is 0 Å². The van der Waals surface area contributed by atoms with Crippen molar-refractivity contribution in [2.45, 2.75) is 31.7 Å². The highest BCUT2D eigenvalue weighted by Crippen LogP contribution is 2.36. The third-order valence-electron chi connectivity index (χ3n) is 7.34. The molecule has 8 heteroatoms. The number of nitrogens with zero attached hydrogens (tertiary/aromatic N) is 2. The SMILES string of the molecule is O=C(c1ccc(-c2cc(Cl)c(CC3CCN(C4CCOCC4)C3=O)c(Cl)c2)cc1)N1CCOCC1. The molecule has 0 spiro atoms. The lowest BCUT2D eigenvalue weighted by atomic mass is 9.95. The molecule has 2 aromatic rings. The highest BCUT2D eigenvalue weighted by Gasteiger charge is 2.37. The zero-order chi connectivity index (χ0) is 24.4. The van der Waals surface area contributed by atoms with Crippen molar-refractivity contribution in [3.8, 4) is 11.1 Å². The van der Waals surface area contributed by atoms with Crippen LogP contribution in [0.15, 0.2) is 36.4 Å². The third-order valence-corrected chi connectivity index (χ3v) is 8.01. The minimum atomic E-state index is -0.0934. The van der Waals surface area contributed by atoms with Gasteiger partial charge in [-0.3, -0.25) is 9.59 Å². The molecule has 0 aromatic heterocycles. The number of halogens is 2. The van der Waals surface area contributed by atoms with Crippen LogP contribution in [-0.4, -0.2) is 73.7 Å². The van der Waals surface area contributed by atoms with Crippen LogP contribution in [0.1, 0.15) is 35.2 Å². The molecule has 1 atom stereocenters. The number of carbonyl (C=O) groups excluding carboxylic acids is 2. The number of likely N-dealkylation sites (tertiary alicyclic amines) is 1. The Morgan fingerprint density at radius 3 is 2.14 bits per heavy atom. The number of amides is 2. The molecule has 2 amide bonds. The van der Waals surface area contributed by atoms with Crippen LogP contribution in [0.5, 0.6) is 0 Å². The molecule has 0 radical (unpaired) electrons. The maximum atomic E-state index is 13.1. The molecule has 0 saturated carbocycles. The molecule has 0 bridgehead atoms. The lowest BCUT2D eigenvalue weighted by Crippen LogP contribution is -2.41. The summed E-state index contributed by atoms with van der Waals surface area (Å²) >= 11 is 13.4. The van der Waals surface area contributed by atoms with Crippen molar-refractivity contribution in [2.24, 2.45) is 5.92 Å². The second-order valence-electron chi connectivity index (χ2n) is 9.47. The lowest BCUT2D eigenvalue weighted by Gasteiger charge is -2.31. The Bertz CT molecular complexity index is 1060. The minimum absolute atomic E-state index is 0.0160. The van der Waals surface area contributed by atoms with E-state index in [1.54, 1.807) is 0 Å². The van der Waals surface area contributed by atoms with Crippen LogP contribution in [0.4, 0.5) is 0 Å². The number of ether oxygens (including phenoxy) is 2. The molecule has 5 rings (SSSR count). The number of hydrogen-bond acceptors (Lipinski definition) is 4. The zero-order valence-electron chi connectivity index (χ0n) is 19.7. The molecule has 3 saturated heterocycles. The Hall–Kier alpha value is -2.12. The summed E-state index contributed by atoms with van der Waals surface area (Å²) in [6.07, 6.45) is 3.18. The maximum absolute atomic E-state index is 13.1. The number of rotatable bonds is 5. The zero-order valence-corrected chi connectivity index (χ0v) is 21.2. The van der Waals surface area contributed by atoms with Gasteiger partial charge in [-0.1, -0.05) is 35.3 Å². The van der Waals surface area contributed by atoms with Crippen LogP contribution < -0.4 is 0 Å². The Morgan fingerprint density at radius 1 is 0.857 bits per heavy atom. The quantitative estimate of drug-likeness (QED) is 0.577. The van der Waals surface area contributed by atoms with Gasteiger partial charge in [0.05, 0.1) is 13.2 Å². The Labute approximate surface area is 216 Å². The molecule has 186 valence electrons. The van der Waals surface area contributed by atoms with E-state index < -0.39 is 0 Å². The van der Waals surface area contributed by atoms with Gasteiger partial charge >= 0.3 is 0 Å². The van der Waals surface area contributed by atoms with Crippen molar-refractivity contribution in [3.63, 3.8) is 0 Å². The van der Waals surface area contributed by atoms with Crippen molar-refractivity contribution >= 4 is 35.0 Å². The maximum Gasteiger partial charge on any atom is 0.254 e. The normalized spacial score (nSPS) is 21.5. The van der Waals surface area contributed by atoms with Crippen molar-refractivity contribution in [1.29, 1.82) is 0 Å². The second-order valence-corrected chi connectivity index (χ2v) is 10.3. The Morgan fingerprint density at radius 2 is 1.49 bits per heavy atom. The summed E-state index contributed by atoms with van der Waals surface area (Å²) in [5.41, 5.74) is 3.29. The van der Waals surface area contributed by atoms with Gasteiger partial charge in [0.2, 0.25) is 5.91 Å². The predicted molar refractivity (Wildman–Crippen MR) is 136 cm³/mol. The summed E-state index contributed by atoms with van der Waals surface area (Å²) in [7, 11) is 0. The third kappa shape index (κ3) is 5.36. The number of carbonyl (C=O) groups is 2. The molecule has 3 heterocycles. The first-order valence-corrected chi connectivity index (χ1v) is 13.1. The summed E-state index contributed by atoms with van der Waals surface area (Å²) in [5.74, 6) is 0.125. The van der Waals surface area contributed by atoms with Gasteiger partial charge in [0.15, 0.2) is 0 Å². The van der Waals surface area contributed by atoms with Crippen molar-refractivity contribution in [2.75, 3.05) is 46.1 Å². The molecule has 3 aliphatic rings. The van der Waals surface area contributed by atoms with E-state index in [9.17, 15) is 9.59 Å². The summed E-state index contributed by atoms with van der Waals surface area (Å²) in [5, 5.41) is 1.14. The van der Waals surface area contributed by atoms with Gasteiger partial charge < -0.3 is 19.3 Å². The van der Waals surface area contributed by atoms with E-state index in [-0.39, 0.29) is 23.8 Å². The summed E-state index contributed by atoms with van der Waals surface area (Å²) in [6.45, 7) is 4.62. The van der Waals surface area contributed by atoms with Crippen molar-refractivity contribution in [1.82, 2.24) is 9.80 Å². The van der Waals surface area contributed by atoms with Gasteiger partial charge in [0.1, 0.15) is 0 Å².